The molecule has 0 spiro atoms. The molecule has 2 fully saturated rings. The highest BCUT2D eigenvalue weighted by Crippen LogP contribution is 2.05. The minimum absolute atomic E-state index is 0.534. The van der Waals surface area contributed by atoms with Crippen molar-refractivity contribution in [2.45, 2.75) is 33.1 Å². The third-order valence-corrected chi connectivity index (χ3v) is 4.17. The van der Waals surface area contributed by atoms with Gasteiger partial charge in [-0.05, 0) is 31.7 Å². The largest absolute Gasteiger partial charge is 0.378 e. The minimum atomic E-state index is 0.534. The van der Waals surface area contributed by atoms with E-state index in [2.05, 4.69) is 45.2 Å². The van der Waals surface area contributed by atoms with E-state index >= 15 is 0 Å². The van der Waals surface area contributed by atoms with Crippen LogP contribution in [0.15, 0.2) is 10.2 Å². The van der Waals surface area contributed by atoms with Gasteiger partial charge in [-0.2, -0.15) is 10.2 Å². The predicted molar refractivity (Wildman–Crippen MR) is 96.1 cm³/mol. The summed E-state index contributed by atoms with van der Waals surface area (Å²) >= 11 is 0. The molecule has 2 heterocycles. The first-order chi connectivity index (χ1) is 11.2. The molecular formula is C17H33N5O. The third kappa shape index (κ3) is 7.79. The molecule has 2 rings (SSSR count). The van der Waals surface area contributed by atoms with E-state index in [9.17, 15) is 0 Å². The first kappa shape index (κ1) is 18.2. The molecule has 0 amide bonds. The first-order valence-corrected chi connectivity index (χ1v) is 9.10. The molecule has 0 aromatic heterocycles. The first-order valence-electron chi connectivity index (χ1n) is 9.10. The minimum Gasteiger partial charge on any atom is -0.378 e. The summed E-state index contributed by atoms with van der Waals surface area (Å²) in [5.74, 6) is 0.534. The topological polar surface area (TPSA) is 43.7 Å². The monoisotopic (exact) mass is 323 g/mol. The predicted octanol–water partition coefficient (Wildman–Crippen LogP) is 1.73. The molecule has 6 heteroatoms. The number of hydrazone groups is 2. The second-order valence-electron chi connectivity index (χ2n) is 6.66. The van der Waals surface area contributed by atoms with Gasteiger partial charge in [-0.1, -0.05) is 13.8 Å². The van der Waals surface area contributed by atoms with Crippen molar-refractivity contribution < 1.29 is 4.74 Å². The smallest absolute Gasteiger partial charge is 0.0659 e. The van der Waals surface area contributed by atoms with Crippen molar-refractivity contribution in [2.75, 3.05) is 59.0 Å². The SMILES string of the molecule is CC(C)/C=N/N1CCN(CCCC/C=N/N2CCOCC2)CC1. The number of rotatable bonds is 8. The molecule has 0 bridgehead atoms. The Hall–Kier alpha value is -1.14. The van der Waals surface area contributed by atoms with E-state index in [4.69, 9.17) is 4.74 Å². The molecule has 0 aromatic carbocycles. The van der Waals surface area contributed by atoms with E-state index in [0.29, 0.717) is 5.92 Å². The molecule has 0 radical (unpaired) electrons. The van der Waals surface area contributed by atoms with E-state index in [1.807, 2.05) is 6.21 Å². The van der Waals surface area contributed by atoms with Gasteiger partial charge in [-0.25, -0.2) is 0 Å². The second kappa shape index (κ2) is 10.6. The standard InChI is InChI=1S/C17H33N5O/c1-17(2)16-19-21-10-8-20(9-11-21)7-5-3-4-6-18-22-12-14-23-15-13-22/h6,16-17H,3-5,7-15H2,1-2H3/b18-6+,19-16+. The number of ether oxygens (including phenoxy) is 1. The quantitative estimate of drug-likeness (QED) is 0.504. The molecule has 2 aliphatic rings. The molecule has 2 aliphatic heterocycles. The van der Waals surface area contributed by atoms with Crippen molar-refractivity contribution in [2.24, 2.45) is 16.1 Å². The van der Waals surface area contributed by atoms with Crippen molar-refractivity contribution in [1.29, 1.82) is 0 Å². The lowest BCUT2D eigenvalue weighted by Crippen LogP contribution is -2.44. The Balaban J connectivity index is 1.48. The number of morpholine rings is 1. The van der Waals surface area contributed by atoms with Gasteiger partial charge in [0.15, 0.2) is 0 Å². The molecule has 0 unspecified atom stereocenters. The van der Waals surface area contributed by atoms with Crippen LogP contribution in [0.25, 0.3) is 0 Å². The fraction of sp³-hybridized carbons (Fsp3) is 0.882. The highest BCUT2D eigenvalue weighted by molar-refractivity contribution is 5.59. The molecular weight excluding hydrogens is 290 g/mol. The van der Waals surface area contributed by atoms with Gasteiger partial charge in [0.1, 0.15) is 0 Å². The molecule has 0 saturated carbocycles. The van der Waals surface area contributed by atoms with Crippen molar-refractivity contribution in [3.8, 4) is 0 Å². The van der Waals surface area contributed by atoms with Gasteiger partial charge in [-0.15, -0.1) is 0 Å². The Labute approximate surface area is 141 Å². The molecule has 132 valence electrons. The molecule has 0 aliphatic carbocycles. The van der Waals surface area contributed by atoms with Crippen molar-refractivity contribution >= 4 is 12.4 Å². The van der Waals surface area contributed by atoms with Crippen LogP contribution >= 0.6 is 0 Å². The van der Waals surface area contributed by atoms with Crippen LogP contribution in [-0.4, -0.2) is 86.4 Å². The summed E-state index contributed by atoms with van der Waals surface area (Å²) in [6.45, 7) is 13.4. The fourth-order valence-corrected chi connectivity index (χ4v) is 2.72. The van der Waals surface area contributed by atoms with Crippen LogP contribution in [-0.2, 0) is 4.74 Å². The molecule has 0 aromatic rings. The van der Waals surface area contributed by atoms with Gasteiger partial charge in [0.05, 0.1) is 26.3 Å². The van der Waals surface area contributed by atoms with Crippen molar-refractivity contribution in [3.63, 3.8) is 0 Å². The zero-order chi connectivity index (χ0) is 16.3. The second-order valence-corrected chi connectivity index (χ2v) is 6.66. The lowest BCUT2D eigenvalue weighted by atomic mass is 10.2. The highest BCUT2D eigenvalue weighted by atomic mass is 16.5. The number of hydrogen-bond donors (Lipinski definition) is 0. The summed E-state index contributed by atoms with van der Waals surface area (Å²) in [6.07, 6.45) is 7.67. The number of nitrogens with zero attached hydrogens (tertiary/aromatic N) is 5. The van der Waals surface area contributed by atoms with Gasteiger partial charge in [0, 0.05) is 38.6 Å². The molecule has 2 saturated heterocycles. The van der Waals surface area contributed by atoms with Gasteiger partial charge in [-0.3, -0.25) is 14.9 Å². The lowest BCUT2D eigenvalue weighted by molar-refractivity contribution is 0.0395. The zero-order valence-corrected chi connectivity index (χ0v) is 14.9. The summed E-state index contributed by atoms with van der Waals surface area (Å²) in [5, 5.41) is 13.3. The Bertz CT molecular complexity index is 358. The van der Waals surface area contributed by atoms with Crippen LogP contribution in [0.3, 0.4) is 0 Å². The zero-order valence-electron chi connectivity index (χ0n) is 14.9. The van der Waals surface area contributed by atoms with Gasteiger partial charge < -0.3 is 4.74 Å². The van der Waals surface area contributed by atoms with Gasteiger partial charge in [0.25, 0.3) is 0 Å². The summed E-state index contributed by atoms with van der Waals surface area (Å²) < 4.78 is 5.31. The van der Waals surface area contributed by atoms with Crippen LogP contribution in [0.5, 0.6) is 0 Å². The lowest BCUT2D eigenvalue weighted by Gasteiger charge is -2.33. The molecule has 0 atom stereocenters. The summed E-state index contributed by atoms with van der Waals surface area (Å²) in [7, 11) is 0. The van der Waals surface area contributed by atoms with E-state index < -0.39 is 0 Å². The molecule has 6 nitrogen and oxygen atoms in total. The summed E-state index contributed by atoms with van der Waals surface area (Å²) in [6, 6.07) is 0. The average Bonchev–Trinajstić information content (AvgIpc) is 2.58. The van der Waals surface area contributed by atoms with Crippen LogP contribution in [0, 0.1) is 5.92 Å². The Kier molecular flexibility index (Phi) is 8.39. The fourth-order valence-electron chi connectivity index (χ4n) is 2.72. The molecule has 23 heavy (non-hydrogen) atoms. The van der Waals surface area contributed by atoms with Crippen molar-refractivity contribution in [1.82, 2.24) is 14.9 Å². The highest BCUT2D eigenvalue weighted by Gasteiger charge is 2.14. The van der Waals surface area contributed by atoms with E-state index in [0.717, 1.165) is 58.9 Å². The Morgan fingerprint density at radius 2 is 1.61 bits per heavy atom. The Morgan fingerprint density at radius 1 is 0.913 bits per heavy atom. The maximum atomic E-state index is 5.31. The maximum Gasteiger partial charge on any atom is 0.0659 e. The van der Waals surface area contributed by atoms with Gasteiger partial charge >= 0.3 is 0 Å². The maximum absolute atomic E-state index is 5.31. The van der Waals surface area contributed by atoms with Crippen LogP contribution in [0.4, 0.5) is 0 Å². The van der Waals surface area contributed by atoms with E-state index in [1.54, 1.807) is 0 Å². The van der Waals surface area contributed by atoms with Gasteiger partial charge in [0.2, 0.25) is 0 Å². The van der Waals surface area contributed by atoms with Crippen LogP contribution in [0.1, 0.15) is 33.1 Å². The Morgan fingerprint density at radius 3 is 2.30 bits per heavy atom. The van der Waals surface area contributed by atoms with Crippen LogP contribution < -0.4 is 0 Å². The summed E-state index contributed by atoms with van der Waals surface area (Å²) in [5.41, 5.74) is 0. The molecule has 0 N–H and O–H groups in total. The number of piperazine rings is 1. The third-order valence-electron chi connectivity index (χ3n) is 4.17. The summed E-state index contributed by atoms with van der Waals surface area (Å²) in [4.78, 5) is 2.56. The van der Waals surface area contributed by atoms with E-state index in [1.165, 1.54) is 19.4 Å². The average molecular weight is 323 g/mol. The number of hydrogen-bond acceptors (Lipinski definition) is 6. The van der Waals surface area contributed by atoms with E-state index in [-0.39, 0.29) is 0 Å². The van der Waals surface area contributed by atoms with Crippen molar-refractivity contribution in [3.05, 3.63) is 0 Å². The number of unbranched alkanes of at least 4 members (excludes halogenated alkanes) is 2. The van der Waals surface area contributed by atoms with Crippen LogP contribution in [0.2, 0.25) is 0 Å². The normalized spacial score (nSPS) is 21.2.